The van der Waals surface area contributed by atoms with E-state index in [1.165, 1.54) is 0 Å². The minimum absolute atomic E-state index is 0.129. The summed E-state index contributed by atoms with van der Waals surface area (Å²) in [5, 5.41) is 3.92. The number of hydrogen-bond acceptors (Lipinski definition) is 4. The summed E-state index contributed by atoms with van der Waals surface area (Å²) in [5.74, 6) is 0. The van der Waals surface area contributed by atoms with Gasteiger partial charge in [0.15, 0.2) is 14.6 Å². The van der Waals surface area contributed by atoms with Crippen LogP contribution in [0.4, 0.5) is 0 Å². The Labute approximate surface area is 134 Å². The van der Waals surface area contributed by atoms with Crippen molar-refractivity contribution in [2.75, 3.05) is 13.2 Å². The molecule has 7 heteroatoms. The van der Waals surface area contributed by atoms with Gasteiger partial charge in [0, 0.05) is 11.5 Å². The summed E-state index contributed by atoms with van der Waals surface area (Å²) < 4.78 is 17.7. The molecule has 0 radical (unpaired) electrons. The molecule has 0 fully saturated rings. The quantitative estimate of drug-likeness (QED) is 0.229. The van der Waals surface area contributed by atoms with Crippen molar-refractivity contribution in [2.45, 2.75) is 70.7 Å². The Morgan fingerprint density at radius 1 is 1.32 bits per heavy atom. The summed E-state index contributed by atoms with van der Waals surface area (Å²) in [6.45, 7) is 14.1. The second kappa shape index (κ2) is 8.13. The third-order valence-electron chi connectivity index (χ3n) is 4.24. The van der Waals surface area contributed by atoms with E-state index in [0.717, 1.165) is 6.42 Å². The van der Waals surface area contributed by atoms with E-state index in [-0.39, 0.29) is 17.2 Å². The van der Waals surface area contributed by atoms with Gasteiger partial charge >= 0.3 is 0 Å². The fourth-order valence-corrected chi connectivity index (χ4v) is 2.79. The van der Waals surface area contributed by atoms with Crippen LogP contribution in [-0.2, 0) is 13.9 Å². The van der Waals surface area contributed by atoms with Crippen molar-refractivity contribution in [2.24, 2.45) is 5.11 Å². The summed E-state index contributed by atoms with van der Waals surface area (Å²) in [6.07, 6.45) is 3.88. The molecule has 0 aliphatic carbocycles. The van der Waals surface area contributed by atoms with Crippen molar-refractivity contribution in [1.29, 1.82) is 0 Å². The van der Waals surface area contributed by atoms with Gasteiger partial charge in [0.2, 0.25) is 0 Å². The van der Waals surface area contributed by atoms with E-state index in [4.69, 9.17) is 19.4 Å². The Morgan fingerprint density at radius 2 is 2.00 bits per heavy atom. The molecule has 3 atom stereocenters. The number of nitrogens with zero attached hydrogens (tertiary/aromatic N) is 3. The maximum atomic E-state index is 8.71. The number of hydrogen-bond donors (Lipinski definition) is 0. The molecule has 126 valence electrons. The zero-order valence-corrected chi connectivity index (χ0v) is 15.6. The first-order valence-electron chi connectivity index (χ1n) is 7.85. The predicted octanol–water partition coefficient (Wildman–Crippen LogP) is 4.39. The van der Waals surface area contributed by atoms with E-state index >= 15 is 0 Å². The van der Waals surface area contributed by atoms with Gasteiger partial charge in [-0.05, 0) is 36.2 Å². The smallest absolute Gasteiger partial charge is 0.192 e. The van der Waals surface area contributed by atoms with Crippen molar-refractivity contribution >= 4 is 8.32 Å². The van der Waals surface area contributed by atoms with Crippen molar-refractivity contribution in [3.63, 3.8) is 0 Å². The number of rotatable bonds is 7. The largest absolute Gasteiger partial charge is 0.414 e. The number of ether oxygens (including phenoxy) is 2. The molecule has 1 aliphatic rings. The molecule has 0 aromatic rings. The van der Waals surface area contributed by atoms with Crippen molar-refractivity contribution in [3.05, 3.63) is 22.6 Å². The van der Waals surface area contributed by atoms with Gasteiger partial charge in [0.1, 0.15) is 0 Å². The lowest BCUT2D eigenvalue weighted by molar-refractivity contribution is -0.159. The minimum atomic E-state index is -1.87. The Hall–Kier alpha value is -0.853. The topological polar surface area (TPSA) is 76.5 Å². The molecule has 0 unspecified atom stereocenters. The van der Waals surface area contributed by atoms with Crippen LogP contribution >= 0.6 is 0 Å². The maximum absolute atomic E-state index is 8.71. The first kappa shape index (κ1) is 19.2. The fraction of sp³-hybridized carbons (Fsp3) is 0.867. The molecule has 0 bridgehead atoms. The molecule has 1 aliphatic heterocycles. The summed E-state index contributed by atoms with van der Waals surface area (Å²) in [5.41, 5.74) is 8.71. The summed E-state index contributed by atoms with van der Waals surface area (Å²) in [7, 11) is -1.87. The SMILES string of the molecule is CCCO[C@@H]1C=C[C@H](N=[N+]=[N-])[C@@H](CO[Si](C)(C)C(C)(C)C)O1. The van der Waals surface area contributed by atoms with E-state index in [9.17, 15) is 0 Å². The molecule has 0 spiro atoms. The third-order valence-corrected chi connectivity index (χ3v) is 8.74. The van der Waals surface area contributed by atoms with Gasteiger partial charge in [0.05, 0.1) is 18.8 Å². The van der Waals surface area contributed by atoms with Crippen molar-refractivity contribution in [3.8, 4) is 0 Å². The van der Waals surface area contributed by atoms with Gasteiger partial charge in [-0.15, -0.1) is 0 Å². The van der Waals surface area contributed by atoms with E-state index < -0.39 is 14.6 Å². The second-order valence-corrected chi connectivity index (χ2v) is 11.9. The molecule has 0 N–H and O–H groups in total. The molecule has 1 heterocycles. The second-order valence-electron chi connectivity index (χ2n) is 7.07. The zero-order chi connectivity index (χ0) is 16.8. The molecule has 0 aromatic carbocycles. The van der Waals surface area contributed by atoms with Crippen molar-refractivity contribution < 1.29 is 13.9 Å². The van der Waals surface area contributed by atoms with Crippen LogP contribution in [0.2, 0.25) is 18.1 Å². The summed E-state index contributed by atoms with van der Waals surface area (Å²) >= 11 is 0. The minimum Gasteiger partial charge on any atom is -0.414 e. The molecule has 6 nitrogen and oxygen atoms in total. The fourth-order valence-electron chi connectivity index (χ4n) is 1.77. The van der Waals surface area contributed by atoms with Crippen LogP contribution in [-0.4, -0.2) is 40.0 Å². The average Bonchev–Trinajstić information content (AvgIpc) is 2.43. The van der Waals surface area contributed by atoms with Gasteiger partial charge in [-0.2, -0.15) is 0 Å². The average molecular weight is 328 g/mol. The van der Waals surface area contributed by atoms with Crippen LogP contribution in [0.1, 0.15) is 34.1 Å². The normalized spacial score (nSPS) is 25.8. The van der Waals surface area contributed by atoms with Crippen LogP contribution in [0, 0.1) is 0 Å². The lowest BCUT2D eigenvalue weighted by Crippen LogP contribution is -2.46. The van der Waals surface area contributed by atoms with E-state index in [0.29, 0.717) is 13.2 Å². The molecule has 0 amide bonds. The summed E-state index contributed by atoms with van der Waals surface area (Å²) in [4.78, 5) is 2.90. The summed E-state index contributed by atoms with van der Waals surface area (Å²) in [6, 6.07) is -0.351. The molecule has 1 rings (SSSR count). The molecular weight excluding hydrogens is 298 g/mol. The highest BCUT2D eigenvalue weighted by Gasteiger charge is 2.39. The lowest BCUT2D eigenvalue weighted by atomic mass is 10.1. The number of azide groups is 1. The molecule has 0 saturated carbocycles. The Kier molecular flexibility index (Phi) is 7.09. The first-order chi connectivity index (χ1) is 10.2. The van der Waals surface area contributed by atoms with Crippen LogP contribution < -0.4 is 0 Å². The Bertz CT molecular complexity index is 428. The van der Waals surface area contributed by atoms with Crippen LogP contribution in [0.5, 0.6) is 0 Å². The zero-order valence-electron chi connectivity index (χ0n) is 14.6. The van der Waals surface area contributed by atoms with Crippen LogP contribution in [0.3, 0.4) is 0 Å². The molecule has 0 aromatic heterocycles. The highest BCUT2D eigenvalue weighted by atomic mass is 28.4. The van der Waals surface area contributed by atoms with E-state index in [1.54, 1.807) is 6.08 Å². The molecule has 22 heavy (non-hydrogen) atoms. The Balaban J connectivity index is 2.72. The Morgan fingerprint density at radius 3 is 2.55 bits per heavy atom. The standard InChI is InChI=1S/C15H29N3O3Si/c1-7-10-19-14-9-8-12(17-18-16)13(21-14)11-20-22(5,6)15(2,3)4/h8-9,12-14H,7,10-11H2,1-6H3/t12-,13+,14-/m0/s1. The first-order valence-corrected chi connectivity index (χ1v) is 10.8. The van der Waals surface area contributed by atoms with Crippen molar-refractivity contribution in [1.82, 2.24) is 0 Å². The van der Waals surface area contributed by atoms with Gasteiger partial charge in [-0.25, -0.2) is 0 Å². The molecule has 0 saturated heterocycles. The lowest BCUT2D eigenvalue weighted by Gasteiger charge is -2.38. The molecular formula is C15H29N3O3Si. The predicted molar refractivity (Wildman–Crippen MR) is 90.1 cm³/mol. The van der Waals surface area contributed by atoms with Gasteiger partial charge in [-0.3, -0.25) is 0 Å². The van der Waals surface area contributed by atoms with Crippen LogP contribution in [0.15, 0.2) is 17.3 Å². The monoisotopic (exact) mass is 327 g/mol. The van der Waals surface area contributed by atoms with Gasteiger partial charge in [-0.1, -0.05) is 38.9 Å². The van der Waals surface area contributed by atoms with E-state index in [1.807, 2.05) is 13.0 Å². The van der Waals surface area contributed by atoms with Crippen LogP contribution in [0.25, 0.3) is 10.4 Å². The highest BCUT2D eigenvalue weighted by molar-refractivity contribution is 6.74. The van der Waals surface area contributed by atoms with E-state index in [2.05, 4.69) is 43.9 Å². The van der Waals surface area contributed by atoms with Gasteiger partial charge in [0.25, 0.3) is 0 Å². The third kappa shape index (κ3) is 5.41. The maximum Gasteiger partial charge on any atom is 0.192 e. The van der Waals surface area contributed by atoms with Gasteiger partial charge < -0.3 is 13.9 Å². The highest BCUT2D eigenvalue weighted by Crippen LogP contribution is 2.37.